The van der Waals surface area contributed by atoms with Gasteiger partial charge in [0.05, 0.1) is 13.0 Å². The Balaban J connectivity index is 2.60. The quantitative estimate of drug-likeness (QED) is 0.633. The molecule has 0 bridgehead atoms. The lowest BCUT2D eigenvalue weighted by Crippen LogP contribution is -2.54. The first-order valence-corrected chi connectivity index (χ1v) is 3.92. The average molecular weight is 188 g/mol. The third kappa shape index (κ3) is 1.51. The fourth-order valence-electron chi connectivity index (χ4n) is 1.51. The summed E-state index contributed by atoms with van der Waals surface area (Å²) in [5, 5.41) is 8.61. The van der Waals surface area contributed by atoms with Crippen LogP contribution in [0.5, 0.6) is 0 Å². The summed E-state index contributed by atoms with van der Waals surface area (Å²) in [4.78, 5) is 21.7. The molecule has 5 heteroatoms. The van der Waals surface area contributed by atoms with E-state index in [1.807, 2.05) is 0 Å². The Bertz CT molecular complexity index is 229. The topological polar surface area (TPSA) is 72.8 Å². The highest BCUT2D eigenvalue weighted by molar-refractivity contribution is 5.84. The summed E-state index contributed by atoms with van der Waals surface area (Å²) in [7, 11) is 2.65. The first kappa shape index (κ1) is 9.98. The number of carboxylic acids is 1. The van der Waals surface area contributed by atoms with Crippen molar-refractivity contribution < 1.29 is 24.2 Å². The number of ether oxygens (including phenoxy) is 2. The van der Waals surface area contributed by atoms with Crippen molar-refractivity contribution in [3.8, 4) is 0 Å². The van der Waals surface area contributed by atoms with Crippen LogP contribution >= 0.6 is 0 Å². The summed E-state index contributed by atoms with van der Waals surface area (Å²) >= 11 is 0. The lowest BCUT2D eigenvalue weighted by molar-refractivity contribution is -0.189. The van der Waals surface area contributed by atoms with Crippen molar-refractivity contribution in [1.82, 2.24) is 0 Å². The number of carboxylic acid groups (broad SMARTS) is 1. The SMILES string of the molecule is COC(=O)C1(OC)CC(C(=O)O)C1. The van der Waals surface area contributed by atoms with Gasteiger partial charge >= 0.3 is 11.9 Å². The Kier molecular flexibility index (Phi) is 2.56. The zero-order valence-electron chi connectivity index (χ0n) is 7.57. The highest BCUT2D eigenvalue weighted by Crippen LogP contribution is 2.41. The molecule has 0 aliphatic heterocycles. The van der Waals surface area contributed by atoms with Gasteiger partial charge in [0, 0.05) is 20.0 Å². The van der Waals surface area contributed by atoms with Crippen LogP contribution in [0.3, 0.4) is 0 Å². The molecule has 5 nitrogen and oxygen atoms in total. The molecule has 1 N–H and O–H groups in total. The molecule has 0 unspecified atom stereocenters. The molecule has 13 heavy (non-hydrogen) atoms. The predicted octanol–water partition coefficient (Wildman–Crippen LogP) is 0.0392. The van der Waals surface area contributed by atoms with E-state index in [1.54, 1.807) is 0 Å². The number of methoxy groups -OCH3 is 2. The Hall–Kier alpha value is -1.10. The van der Waals surface area contributed by atoms with Gasteiger partial charge in [-0.2, -0.15) is 0 Å². The van der Waals surface area contributed by atoms with Crippen LogP contribution in [0.2, 0.25) is 0 Å². The van der Waals surface area contributed by atoms with Crippen molar-refractivity contribution >= 4 is 11.9 Å². The lowest BCUT2D eigenvalue weighted by atomic mass is 9.70. The fourth-order valence-corrected chi connectivity index (χ4v) is 1.51. The molecule has 1 aliphatic carbocycles. The number of carbonyl (C=O) groups excluding carboxylic acids is 1. The number of aliphatic carboxylic acids is 1. The average Bonchev–Trinajstić information content (AvgIpc) is 2.02. The van der Waals surface area contributed by atoms with Gasteiger partial charge in [0.25, 0.3) is 0 Å². The molecule has 1 saturated carbocycles. The van der Waals surface area contributed by atoms with Crippen molar-refractivity contribution in [2.75, 3.05) is 14.2 Å². The van der Waals surface area contributed by atoms with Gasteiger partial charge in [-0.05, 0) is 0 Å². The standard InChI is InChI=1S/C8H12O5/c1-12-7(11)8(13-2)3-5(4-8)6(9)10/h5H,3-4H2,1-2H3,(H,9,10). The zero-order valence-corrected chi connectivity index (χ0v) is 7.57. The minimum absolute atomic E-state index is 0.200. The van der Waals surface area contributed by atoms with Crippen LogP contribution in [0.4, 0.5) is 0 Å². The molecule has 0 atom stereocenters. The molecule has 0 aromatic rings. The summed E-state index contributed by atoms with van der Waals surface area (Å²) < 4.78 is 9.49. The van der Waals surface area contributed by atoms with Crippen LogP contribution in [0.15, 0.2) is 0 Å². The predicted molar refractivity (Wildman–Crippen MR) is 42.1 cm³/mol. The van der Waals surface area contributed by atoms with Crippen LogP contribution in [0.25, 0.3) is 0 Å². The van der Waals surface area contributed by atoms with E-state index in [2.05, 4.69) is 4.74 Å². The first-order chi connectivity index (χ1) is 6.05. The second kappa shape index (κ2) is 3.33. The van der Waals surface area contributed by atoms with E-state index in [-0.39, 0.29) is 12.8 Å². The molecular formula is C8H12O5. The molecule has 0 heterocycles. The van der Waals surface area contributed by atoms with E-state index in [0.717, 1.165) is 0 Å². The molecule has 1 rings (SSSR count). The monoisotopic (exact) mass is 188 g/mol. The Morgan fingerprint density at radius 3 is 2.23 bits per heavy atom. The highest BCUT2D eigenvalue weighted by atomic mass is 16.6. The van der Waals surface area contributed by atoms with E-state index in [0.29, 0.717) is 0 Å². The largest absolute Gasteiger partial charge is 0.481 e. The highest BCUT2D eigenvalue weighted by Gasteiger charge is 2.54. The third-order valence-corrected chi connectivity index (χ3v) is 2.45. The number of hydrogen-bond donors (Lipinski definition) is 1. The molecule has 0 radical (unpaired) electrons. The number of hydrogen-bond acceptors (Lipinski definition) is 4. The second-order valence-corrected chi connectivity index (χ2v) is 3.13. The minimum Gasteiger partial charge on any atom is -0.481 e. The molecular weight excluding hydrogens is 176 g/mol. The lowest BCUT2D eigenvalue weighted by Gasteiger charge is -2.41. The van der Waals surface area contributed by atoms with Gasteiger partial charge in [-0.15, -0.1) is 0 Å². The number of rotatable bonds is 3. The van der Waals surface area contributed by atoms with E-state index >= 15 is 0 Å². The Morgan fingerprint density at radius 2 is 1.92 bits per heavy atom. The van der Waals surface area contributed by atoms with Crippen LogP contribution in [0, 0.1) is 5.92 Å². The van der Waals surface area contributed by atoms with Crippen LogP contribution in [-0.4, -0.2) is 36.9 Å². The number of carbonyl (C=O) groups is 2. The van der Waals surface area contributed by atoms with Gasteiger partial charge in [0.2, 0.25) is 0 Å². The van der Waals surface area contributed by atoms with Gasteiger partial charge in [-0.1, -0.05) is 0 Å². The zero-order chi connectivity index (χ0) is 10.1. The van der Waals surface area contributed by atoms with Gasteiger partial charge < -0.3 is 14.6 Å². The summed E-state index contributed by atoms with van der Waals surface area (Å²) in [5.74, 6) is -1.87. The van der Waals surface area contributed by atoms with Crippen molar-refractivity contribution in [2.24, 2.45) is 5.92 Å². The normalized spacial score (nSPS) is 32.0. The molecule has 0 aromatic heterocycles. The van der Waals surface area contributed by atoms with Crippen molar-refractivity contribution in [2.45, 2.75) is 18.4 Å². The summed E-state index contributed by atoms with van der Waals surface area (Å²) in [6, 6.07) is 0. The maximum absolute atomic E-state index is 11.2. The molecule has 1 fully saturated rings. The molecule has 0 saturated heterocycles. The Labute approximate surface area is 75.6 Å². The second-order valence-electron chi connectivity index (χ2n) is 3.13. The Morgan fingerprint density at radius 1 is 1.38 bits per heavy atom. The molecule has 0 amide bonds. The third-order valence-electron chi connectivity index (χ3n) is 2.45. The van der Waals surface area contributed by atoms with Gasteiger partial charge in [0.1, 0.15) is 0 Å². The maximum Gasteiger partial charge on any atom is 0.338 e. The molecule has 74 valence electrons. The molecule has 1 aliphatic rings. The molecule has 0 spiro atoms. The van der Waals surface area contributed by atoms with E-state index in [4.69, 9.17) is 9.84 Å². The number of esters is 1. The van der Waals surface area contributed by atoms with Crippen LogP contribution < -0.4 is 0 Å². The van der Waals surface area contributed by atoms with E-state index in [9.17, 15) is 9.59 Å². The van der Waals surface area contributed by atoms with Crippen molar-refractivity contribution in [3.63, 3.8) is 0 Å². The summed E-state index contributed by atoms with van der Waals surface area (Å²) in [6.07, 6.45) is 0.400. The van der Waals surface area contributed by atoms with Crippen molar-refractivity contribution in [1.29, 1.82) is 0 Å². The minimum atomic E-state index is -1.02. The molecule has 0 aromatic carbocycles. The van der Waals surface area contributed by atoms with E-state index in [1.165, 1.54) is 14.2 Å². The summed E-state index contributed by atoms with van der Waals surface area (Å²) in [5.41, 5.74) is -1.02. The van der Waals surface area contributed by atoms with Gasteiger partial charge in [-0.25, -0.2) is 4.79 Å². The maximum atomic E-state index is 11.2. The fraction of sp³-hybridized carbons (Fsp3) is 0.750. The van der Waals surface area contributed by atoms with Gasteiger partial charge in [-0.3, -0.25) is 4.79 Å². The van der Waals surface area contributed by atoms with Crippen molar-refractivity contribution in [3.05, 3.63) is 0 Å². The summed E-state index contributed by atoms with van der Waals surface area (Å²) in [6.45, 7) is 0. The van der Waals surface area contributed by atoms with Crippen LogP contribution in [0.1, 0.15) is 12.8 Å². The van der Waals surface area contributed by atoms with E-state index < -0.39 is 23.5 Å². The van der Waals surface area contributed by atoms with Crippen LogP contribution in [-0.2, 0) is 19.1 Å². The smallest absolute Gasteiger partial charge is 0.338 e. The van der Waals surface area contributed by atoms with Gasteiger partial charge in [0.15, 0.2) is 5.60 Å². The first-order valence-electron chi connectivity index (χ1n) is 3.92.